The predicted molar refractivity (Wildman–Crippen MR) is 89.6 cm³/mol. The first kappa shape index (κ1) is 17.3. The van der Waals surface area contributed by atoms with E-state index in [-0.39, 0.29) is 11.8 Å². The molecule has 0 unspecified atom stereocenters. The second kappa shape index (κ2) is 8.56. The zero-order valence-corrected chi connectivity index (χ0v) is 14.1. The summed E-state index contributed by atoms with van der Waals surface area (Å²) in [7, 11) is 0. The largest absolute Gasteiger partial charge is 0.494 e. The highest BCUT2D eigenvalue weighted by Gasteiger charge is 2.23. The van der Waals surface area contributed by atoms with E-state index in [1.54, 1.807) is 16.7 Å². The summed E-state index contributed by atoms with van der Waals surface area (Å²) in [4.78, 5) is 27.4. The Morgan fingerprint density at radius 1 is 1.00 bits per heavy atom. The summed E-state index contributed by atoms with van der Waals surface area (Å²) in [6.45, 7) is 6.85. The van der Waals surface area contributed by atoms with Crippen molar-refractivity contribution in [2.75, 3.05) is 32.8 Å². The number of ether oxygens (including phenoxy) is 1. The summed E-state index contributed by atoms with van der Waals surface area (Å²) in [5, 5.41) is 0. The first-order chi connectivity index (χ1) is 11.1. The molecule has 0 radical (unpaired) electrons. The fourth-order valence-electron chi connectivity index (χ4n) is 2.64. The van der Waals surface area contributed by atoms with Gasteiger partial charge in [0.2, 0.25) is 5.91 Å². The molecule has 0 N–H and O–H groups in total. The van der Waals surface area contributed by atoms with Crippen LogP contribution in [0.4, 0.5) is 0 Å². The summed E-state index contributed by atoms with van der Waals surface area (Å²) in [5.41, 5.74) is 0.669. The molecular formula is C18H26N2O3. The van der Waals surface area contributed by atoms with Gasteiger partial charge in [-0.25, -0.2) is 0 Å². The van der Waals surface area contributed by atoms with Crippen LogP contribution in [0.15, 0.2) is 24.3 Å². The average Bonchev–Trinajstić information content (AvgIpc) is 2.59. The Bertz CT molecular complexity index is 520. The van der Waals surface area contributed by atoms with Crippen LogP contribution in [0, 0.1) is 0 Å². The van der Waals surface area contributed by atoms with Gasteiger partial charge in [-0.05, 0) is 30.7 Å². The number of rotatable bonds is 6. The Kier molecular flexibility index (Phi) is 6.44. The summed E-state index contributed by atoms with van der Waals surface area (Å²) >= 11 is 0. The Morgan fingerprint density at radius 3 is 2.17 bits per heavy atom. The van der Waals surface area contributed by atoms with E-state index in [0.717, 1.165) is 12.2 Å². The number of hydrogen-bond acceptors (Lipinski definition) is 3. The van der Waals surface area contributed by atoms with Crippen molar-refractivity contribution in [2.24, 2.45) is 0 Å². The van der Waals surface area contributed by atoms with Crippen molar-refractivity contribution < 1.29 is 14.3 Å². The molecule has 23 heavy (non-hydrogen) atoms. The molecule has 0 spiro atoms. The van der Waals surface area contributed by atoms with Gasteiger partial charge >= 0.3 is 0 Å². The van der Waals surface area contributed by atoms with Crippen LogP contribution in [0.3, 0.4) is 0 Å². The van der Waals surface area contributed by atoms with Crippen LogP contribution in [-0.2, 0) is 4.79 Å². The normalized spacial score (nSPS) is 14.7. The number of amides is 2. The minimum absolute atomic E-state index is 0.0192. The van der Waals surface area contributed by atoms with Gasteiger partial charge in [0.25, 0.3) is 5.91 Å². The molecule has 0 saturated carbocycles. The van der Waals surface area contributed by atoms with Gasteiger partial charge in [0.1, 0.15) is 5.75 Å². The number of hydrogen-bond donors (Lipinski definition) is 0. The number of carbonyl (C=O) groups excluding carboxylic acids is 2. The second-order valence-electron chi connectivity index (χ2n) is 5.88. The van der Waals surface area contributed by atoms with Crippen LogP contribution < -0.4 is 4.74 Å². The van der Waals surface area contributed by atoms with E-state index in [1.165, 1.54) is 12.8 Å². The average molecular weight is 318 g/mol. The zero-order valence-electron chi connectivity index (χ0n) is 14.1. The zero-order chi connectivity index (χ0) is 16.7. The maximum absolute atomic E-state index is 12.5. The summed E-state index contributed by atoms with van der Waals surface area (Å²) < 4.78 is 5.66. The molecule has 0 aromatic heterocycles. The molecule has 1 aliphatic heterocycles. The Balaban J connectivity index is 1.84. The first-order valence-corrected chi connectivity index (χ1v) is 8.39. The van der Waals surface area contributed by atoms with E-state index in [1.807, 2.05) is 24.3 Å². The third-order valence-corrected chi connectivity index (χ3v) is 4.13. The molecule has 0 aliphatic carbocycles. The highest BCUT2D eigenvalue weighted by atomic mass is 16.5. The fourth-order valence-corrected chi connectivity index (χ4v) is 2.64. The molecule has 0 atom stereocenters. The molecule has 5 heteroatoms. The number of benzene rings is 1. The maximum atomic E-state index is 12.5. The third-order valence-electron chi connectivity index (χ3n) is 4.13. The highest BCUT2D eigenvalue weighted by molar-refractivity contribution is 5.94. The van der Waals surface area contributed by atoms with Crippen molar-refractivity contribution in [3.05, 3.63) is 29.8 Å². The Hall–Kier alpha value is -2.04. The molecule has 0 bridgehead atoms. The molecule has 1 aliphatic rings. The van der Waals surface area contributed by atoms with Crippen molar-refractivity contribution >= 4 is 11.8 Å². The molecule has 1 fully saturated rings. The SMILES string of the molecule is CCCCCOc1ccc(C(=O)N2CCN(C(C)=O)CC2)cc1. The maximum Gasteiger partial charge on any atom is 0.253 e. The predicted octanol–water partition coefficient (Wildman–Crippen LogP) is 2.56. The van der Waals surface area contributed by atoms with Crippen LogP contribution in [0.5, 0.6) is 5.75 Å². The van der Waals surface area contributed by atoms with E-state index < -0.39 is 0 Å². The first-order valence-electron chi connectivity index (χ1n) is 8.39. The molecule has 1 aromatic rings. The van der Waals surface area contributed by atoms with Crippen LogP contribution in [0.1, 0.15) is 43.5 Å². The Morgan fingerprint density at radius 2 is 1.61 bits per heavy atom. The lowest BCUT2D eigenvalue weighted by atomic mass is 10.1. The van der Waals surface area contributed by atoms with Crippen molar-refractivity contribution in [2.45, 2.75) is 33.1 Å². The lowest BCUT2D eigenvalue weighted by molar-refractivity contribution is -0.130. The Labute approximate surface area is 138 Å². The molecule has 1 saturated heterocycles. The van der Waals surface area contributed by atoms with Crippen molar-refractivity contribution in [3.8, 4) is 5.75 Å². The van der Waals surface area contributed by atoms with Gasteiger partial charge in [-0.2, -0.15) is 0 Å². The van der Waals surface area contributed by atoms with E-state index >= 15 is 0 Å². The molecule has 2 rings (SSSR count). The van der Waals surface area contributed by atoms with Gasteiger partial charge in [-0.15, -0.1) is 0 Å². The highest BCUT2D eigenvalue weighted by Crippen LogP contribution is 2.15. The monoisotopic (exact) mass is 318 g/mol. The summed E-state index contributed by atoms with van der Waals surface area (Å²) in [6, 6.07) is 7.33. The summed E-state index contributed by atoms with van der Waals surface area (Å²) in [5.74, 6) is 0.895. The van der Waals surface area contributed by atoms with Crippen LogP contribution in [-0.4, -0.2) is 54.4 Å². The quantitative estimate of drug-likeness (QED) is 0.758. The lowest BCUT2D eigenvalue weighted by Crippen LogP contribution is -2.50. The number of carbonyl (C=O) groups is 2. The van der Waals surface area contributed by atoms with Crippen LogP contribution in [0.25, 0.3) is 0 Å². The van der Waals surface area contributed by atoms with Crippen LogP contribution in [0.2, 0.25) is 0 Å². The second-order valence-corrected chi connectivity index (χ2v) is 5.88. The molecular weight excluding hydrogens is 292 g/mol. The van der Waals surface area contributed by atoms with E-state index in [2.05, 4.69) is 6.92 Å². The minimum atomic E-state index is 0.0192. The van der Waals surface area contributed by atoms with E-state index in [0.29, 0.717) is 38.3 Å². The molecule has 1 aromatic carbocycles. The van der Waals surface area contributed by atoms with Crippen molar-refractivity contribution in [1.29, 1.82) is 0 Å². The number of piperazine rings is 1. The third kappa shape index (κ3) is 4.98. The van der Waals surface area contributed by atoms with Crippen molar-refractivity contribution in [1.82, 2.24) is 9.80 Å². The van der Waals surface area contributed by atoms with Gasteiger partial charge in [0, 0.05) is 38.7 Å². The topological polar surface area (TPSA) is 49.9 Å². The molecule has 5 nitrogen and oxygen atoms in total. The van der Waals surface area contributed by atoms with Gasteiger partial charge < -0.3 is 14.5 Å². The smallest absolute Gasteiger partial charge is 0.253 e. The standard InChI is InChI=1S/C18H26N2O3/c1-3-4-5-14-23-17-8-6-16(7-9-17)18(22)20-12-10-19(11-13-20)15(2)21/h6-9H,3-5,10-14H2,1-2H3. The van der Waals surface area contributed by atoms with E-state index in [4.69, 9.17) is 4.74 Å². The summed E-state index contributed by atoms with van der Waals surface area (Å²) in [6.07, 6.45) is 3.40. The lowest BCUT2D eigenvalue weighted by Gasteiger charge is -2.34. The fraction of sp³-hybridized carbons (Fsp3) is 0.556. The van der Waals surface area contributed by atoms with Crippen LogP contribution >= 0.6 is 0 Å². The number of nitrogens with zero attached hydrogens (tertiary/aromatic N) is 2. The number of unbranched alkanes of at least 4 members (excludes halogenated alkanes) is 2. The van der Waals surface area contributed by atoms with Gasteiger partial charge in [-0.3, -0.25) is 9.59 Å². The van der Waals surface area contributed by atoms with E-state index in [9.17, 15) is 9.59 Å². The molecule has 126 valence electrons. The molecule has 1 heterocycles. The van der Waals surface area contributed by atoms with Crippen molar-refractivity contribution in [3.63, 3.8) is 0 Å². The van der Waals surface area contributed by atoms with Gasteiger partial charge in [0.05, 0.1) is 6.61 Å². The van der Waals surface area contributed by atoms with Gasteiger partial charge in [-0.1, -0.05) is 19.8 Å². The molecule has 2 amide bonds. The van der Waals surface area contributed by atoms with Gasteiger partial charge in [0.15, 0.2) is 0 Å². The minimum Gasteiger partial charge on any atom is -0.494 e.